The lowest BCUT2D eigenvalue weighted by Gasteiger charge is -2.23. The number of hydrogen-bond acceptors (Lipinski definition) is 5. The molecule has 0 aliphatic carbocycles. The van der Waals surface area contributed by atoms with Crippen LogP contribution in [0.5, 0.6) is 0 Å². The van der Waals surface area contributed by atoms with Gasteiger partial charge in [-0.1, -0.05) is 41.9 Å². The first-order valence-electron chi connectivity index (χ1n) is 8.64. The Morgan fingerprint density at radius 3 is 2.48 bits per heavy atom. The van der Waals surface area contributed by atoms with E-state index in [1.165, 1.54) is 26.2 Å². The molecule has 0 bridgehead atoms. The first kappa shape index (κ1) is 20.3. The lowest BCUT2D eigenvalue weighted by molar-refractivity contribution is -0.133. The van der Waals surface area contributed by atoms with Crippen molar-refractivity contribution >= 4 is 41.1 Å². The SMILES string of the molecule is COC(=O)c1ccccc1NC(=O)CN1C(=O)N[C@](C)(c2ccccc2Cl)C1=O. The Balaban J connectivity index is 1.79. The fraction of sp³-hybridized carbons (Fsp3) is 0.200. The highest BCUT2D eigenvalue weighted by atomic mass is 35.5. The number of urea groups is 1. The number of nitrogens with one attached hydrogen (secondary N) is 2. The lowest BCUT2D eigenvalue weighted by Crippen LogP contribution is -2.42. The lowest BCUT2D eigenvalue weighted by atomic mass is 9.92. The van der Waals surface area contributed by atoms with Crippen molar-refractivity contribution in [1.82, 2.24) is 10.2 Å². The molecule has 1 aliphatic heterocycles. The van der Waals surface area contributed by atoms with E-state index in [4.69, 9.17) is 11.6 Å². The van der Waals surface area contributed by atoms with Crippen LogP contribution in [0.15, 0.2) is 48.5 Å². The number of methoxy groups -OCH3 is 1. The van der Waals surface area contributed by atoms with E-state index in [9.17, 15) is 19.2 Å². The summed E-state index contributed by atoms with van der Waals surface area (Å²) in [5.41, 5.74) is -0.592. The third-order valence-electron chi connectivity index (χ3n) is 4.60. The first-order chi connectivity index (χ1) is 13.8. The molecule has 2 aromatic rings. The number of imide groups is 1. The van der Waals surface area contributed by atoms with Crippen molar-refractivity contribution in [2.24, 2.45) is 0 Å². The number of ether oxygens (including phenoxy) is 1. The second-order valence-electron chi connectivity index (χ2n) is 6.51. The predicted octanol–water partition coefficient (Wildman–Crippen LogP) is 2.53. The van der Waals surface area contributed by atoms with Gasteiger partial charge in [0.15, 0.2) is 0 Å². The second-order valence-corrected chi connectivity index (χ2v) is 6.92. The Morgan fingerprint density at radius 2 is 1.79 bits per heavy atom. The van der Waals surface area contributed by atoms with E-state index in [0.29, 0.717) is 10.6 Å². The molecule has 0 aromatic heterocycles. The minimum Gasteiger partial charge on any atom is -0.465 e. The molecule has 0 spiro atoms. The minimum atomic E-state index is -1.39. The molecule has 2 aromatic carbocycles. The number of rotatable bonds is 5. The van der Waals surface area contributed by atoms with Crippen molar-refractivity contribution in [2.75, 3.05) is 19.0 Å². The standard InChI is InChI=1S/C20H18ClN3O5/c1-20(13-8-4-5-9-14(13)21)18(27)24(19(28)23-20)11-16(25)22-15-10-6-3-7-12(15)17(26)29-2/h3-10H,11H2,1-2H3,(H,22,25)(H,23,28)/t20-/m1/s1. The molecular formula is C20H18ClN3O5. The molecule has 1 heterocycles. The topological polar surface area (TPSA) is 105 Å². The third kappa shape index (κ3) is 3.79. The smallest absolute Gasteiger partial charge is 0.339 e. The Bertz CT molecular complexity index is 1010. The average molecular weight is 416 g/mol. The van der Waals surface area contributed by atoms with Crippen LogP contribution < -0.4 is 10.6 Å². The summed E-state index contributed by atoms with van der Waals surface area (Å²) in [7, 11) is 1.23. The highest BCUT2D eigenvalue weighted by molar-refractivity contribution is 6.32. The number of esters is 1. The number of halogens is 1. The van der Waals surface area contributed by atoms with Gasteiger partial charge in [0.05, 0.1) is 18.4 Å². The summed E-state index contributed by atoms with van der Waals surface area (Å²) in [6.07, 6.45) is 0. The Hall–Kier alpha value is -3.39. The van der Waals surface area contributed by atoms with Gasteiger partial charge in [0.2, 0.25) is 5.91 Å². The molecule has 3 rings (SSSR count). The third-order valence-corrected chi connectivity index (χ3v) is 4.93. The van der Waals surface area contributed by atoms with Gasteiger partial charge in [0, 0.05) is 10.6 Å². The van der Waals surface area contributed by atoms with Crippen LogP contribution in [0.1, 0.15) is 22.8 Å². The molecule has 0 unspecified atom stereocenters. The van der Waals surface area contributed by atoms with Gasteiger partial charge in [-0.3, -0.25) is 14.5 Å². The molecule has 29 heavy (non-hydrogen) atoms. The fourth-order valence-electron chi connectivity index (χ4n) is 3.10. The van der Waals surface area contributed by atoms with E-state index in [2.05, 4.69) is 15.4 Å². The Morgan fingerprint density at radius 1 is 1.14 bits per heavy atom. The number of carbonyl (C=O) groups is 4. The van der Waals surface area contributed by atoms with Crippen LogP contribution in [0.2, 0.25) is 5.02 Å². The van der Waals surface area contributed by atoms with Gasteiger partial charge in [-0.05, 0) is 25.1 Å². The van der Waals surface area contributed by atoms with Crippen LogP contribution in [-0.2, 0) is 19.9 Å². The number of carbonyl (C=O) groups excluding carboxylic acids is 4. The molecule has 1 fully saturated rings. The van der Waals surface area contributed by atoms with E-state index >= 15 is 0 Å². The summed E-state index contributed by atoms with van der Waals surface area (Å²) < 4.78 is 4.68. The van der Waals surface area contributed by atoms with E-state index < -0.39 is 35.9 Å². The molecule has 9 heteroatoms. The van der Waals surface area contributed by atoms with E-state index in [1.54, 1.807) is 36.4 Å². The van der Waals surface area contributed by atoms with E-state index in [-0.39, 0.29) is 11.3 Å². The van der Waals surface area contributed by atoms with Crippen LogP contribution >= 0.6 is 11.6 Å². The Labute approximate surface area is 171 Å². The Kier molecular flexibility index (Phi) is 5.56. The fourth-order valence-corrected chi connectivity index (χ4v) is 3.43. The molecule has 150 valence electrons. The maximum absolute atomic E-state index is 12.9. The maximum atomic E-state index is 12.9. The number of anilines is 1. The minimum absolute atomic E-state index is 0.154. The van der Waals surface area contributed by atoms with Crippen LogP contribution in [0.4, 0.5) is 10.5 Å². The van der Waals surface area contributed by atoms with Crippen LogP contribution in [-0.4, -0.2) is 42.4 Å². The van der Waals surface area contributed by atoms with Gasteiger partial charge in [-0.15, -0.1) is 0 Å². The largest absolute Gasteiger partial charge is 0.465 e. The summed E-state index contributed by atoms with van der Waals surface area (Å²) in [6, 6.07) is 12.2. The number of amides is 4. The van der Waals surface area contributed by atoms with E-state index in [1.807, 2.05) is 0 Å². The number of para-hydroxylation sites is 1. The second kappa shape index (κ2) is 7.92. The zero-order valence-corrected chi connectivity index (χ0v) is 16.4. The molecular weight excluding hydrogens is 398 g/mol. The van der Waals surface area contributed by atoms with Crippen LogP contribution in [0.3, 0.4) is 0 Å². The van der Waals surface area contributed by atoms with Crippen molar-refractivity contribution in [2.45, 2.75) is 12.5 Å². The van der Waals surface area contributed by atoms with Crippen molar-refractivity contribution < 1.29 is 23.9 Å². The molecule has 8 nitrogen and oxygen atoms in total. The van der Waals surface area contributed by atoms with Crippen LogP contribution in [0, 0.1) is 0 Å². The monoisotopic (exact) mass is 415 g/mol. The molecule has 0 radical (unpaired) electrons. The molecule has 0 saturated carbocycles. The normalized spacial score (nSPS) is 18.4. The van der Waals surface area contributed by atoms with Crippen molar-refractivity contribution in [3.05, 3.63) is 64.7 Å². The zero-order chi connectivity index (χ0) is 21.2. The molecule has 1 saturated heterocycles. The van der Waals surface area contributed by atoms with E-state index in [0.717, 1.165) is 4.90 Å². The molecule has 1 aliphatic rings. The highest BCUT2D eigenvalue weighted by Crippen LogP contribution is 2.33. The summed E-state index contributed by atoms with van der Waals surface area (Å²) in [5.74, 6) is -1.87. The molecule has 4 amide bonds. The number of benzene rings is 2. The van der Waals surface area contributed by atoms with Gasteiger partial charge in [0.1, 0.15) is 12.1 Å². The van der Waals surface area contributed by atoms with Crippen LogP contribution in [0.25, 0.3) is 0 Å². The van der Waals surface area contributed by atoms with Crippen molar-refractivity contribution in [3.8, 4) is 0 Å². The number of hydrogen-bond donors (Lipinski definition) is 2. The number of nitrogens with zero attached hydrogens (tertiary/aromatic N) is 1. The first-order valence-corrected chi connectivity index (χ1v) is 9.02. The molecule has 2 N–H and O–H groups in total. The average Bonchev–Trinajstić information content (AvgIpc) is 2.92. The predicted molar refractivity (Wildman–Crippen MR) is 105 cm³/mol. The summed E-state index contributed by atoms with van der Waals surface area (Å²) >= 11 is 6.18. The summed E-state index contributed by atoms with van der Waals surface area (Å²) in [5, 5.41) is 5.45. The summed E-state index contributed by atoms with van der Waals surface area (Å²) in [6.45, 7) is 0.999. The van der Waals surface area contributed by atoms with Crippen molar-refractivity contribution in [1.29, 1.82) is 0 Å². The maximum Gasteiger partial charge on any atom is 0.339 e. The van der Waals surface area contributed by atoms with Gasteiger partial charge in [-0.25, -0.2) is 9.59 Å². The van der Waals surface area contributed by atoms with Gasteiger partial charge < -0.3 is 15.4 Å². The highest BCUT2D eigenvalue weighted by Gasteiger charge is 2.50. The quantitative estimate of drug-likeness (QED) is 0.576. The molecule has 1 atom stereocenters. The van der Waals surface area contributed by atoms with Gasteiger partial charge >= 0.3 is 12.0 Å². The van der Waals surface area contributed by atoms with Gasteiger partial charge in [0.25, 0.3) is 5.91 Å². The zero-order valence-electron chi connectivity index (χ0n) is 15.7. The summed E-state index contributed by atoms with van der Waals surface area (Å²) in [4.78, 5) is 50.4. The van der Waals surface area contributed by atoms with Crippen molar-refractivity contribution in [3.63, 3.8) is 0 Å². The van der Waals surface area contributed by atoms with Gasteiger partial charge in [-0.2, -0.15) is 0 Å².